The Bertz CT molecular complexity index is 663. The highest BCUT2D eigenvalue weighted by Gasteiger charge is 2.24. The number of benzene rings is 1. The number of piperidine rings is 1. The molecule has 0 spiro atoms. The maximum Gasteiger partial charge on any atom is 0.306 e. The van der Waals surface area contributed by atoms with Gasteiger partial charge in [0, 0.05) is 23.4 Å². The first-order valence-corrected chi connectivity index (χ1v) is 8.99. The number of carboxylic acids is 1. The summed E-state index contributed by atoms with van der Waals surface area (Å²) in [5, 5.41) is 13.0. The summed E-state index contributed by atoms with van der Waals surface area (Å²) in [6.07, 6.45) is 2.29. The van der Waals surface area contributed by atoms with Crippen molar-refractivity contribution in [1.82, 2.24) is 9.88 Å². The third-order valence-electron chi connectivity index (χ3n) is 4.19. The second kappa shape index (κ2) is 7.43. The summed E-state index contributed by atoms with van der Waals surface area (Å²) < 4.78 is 0. The summed E-state index contributed by atoms with van der Waals surface area (Å²) in [7, 11) is 0. The normalized spacial score (nSPS) is 16.6. The predicted molar refractivity (Wildman–Crippen MR) is 92.0 cm³/mol. The van der Waals surface area contributed by atoms with Gasteiger partial charge >= 0.3 is 5.97 Å². The quantitative estimate of drug-likeness (QED) is 0.893. The van der Waals surface area contributed by atoms with Crippen molar-refractivity contribution in [1.29, 1.82) is 0 Å². The molecule has 2 heterocycles. The van der Waals surface area contributed by atoms with Gasteiger partial charge in [0.25, 0.3) is 0 Å². The Hall–Kier alpha value is -1.43. The molecule has 0 aliphatic carbocycles. The SMILES string of the molecule is O=C(O)C1CCN(Cc2csc(Cc3ccc(Cl)cc3)n2)CC1. The number of likely N-dealkylation sites (tertiary alicyclic amines) is 1. The number of halogens is 1. The molecule has 23 heavy (non-hydrogen) atoms. The molecule has 3 rings (SSSR count). The van der Waals surface area contributed by atoms with Gasteiger partial charge in [-0.05, 0) is 43.6 Å². The topological polar surface area (TPSA) is 53.4 Å². The van der Waals surface area contributed by atoms with Gasteiger partial charge in [-0.15, -0.1) is 11.3 Å². The fourth-order valence-corrected chi connectivity index (χ4v) is 3.79. The van der Waals surface area contributed by atoms with Crippen LogP contribution in [0.5, 0.6) is 0 Å². The zero-order valence-corrected chi connectivity index (χ0v) is 14.3. The Balaban J connectivity index is 1.53. The van der Waals surface area contributed by atoms with Crippen molar-refractivity contribution in [2.75, 3.05) is 13.1 Å². The molecule has 4 nitrogen and oxygen atoms in total. The fourth-order valence-electron chi connectivity index (χ4n) is 2.85. The monoisotopic (exact) mass is 350 g/mol. The first-order chi connectivity index (χ1) is 11.1. The van der Waals surface area contributed by atoms with Gasteiger partial charge in [0.2, 0.25) is 0 Å². The highest BCUT2D eigenvalue weighted by molar-refractivity contribution is 7.09. The van der Waals surface area contributed by atoms with Crippen molar-refractivity contribution in [3.05, 3.63) is 50.9 Å². The minimum atomic E-state index is -0.663. The second-order valence-corrected chi connectivity index (χ2v) is 7.30. The van der Waals surface area contributed by atoms with Crippen molar-refractivity contribution < 1.29 is 9.90 Å². The summed E-state index contributed by atoms with van der Waals surface area (Å²) in [6, 6.07) is 7.86. The lowest BCUT2D eigenvalue weighted by Gasteiger charge is -2.29. The third-order valence-corrected chi connectivity index (χ3v) is 5.34. The van der Waals surface area contributed by atoms with Crippen LogP contribution in [0.25, 0.3) is 0 Å². The molecule has 6 heteroatoms. The van der Waals surface area contributed by atoms with E-state index in [1.165, 1.54) is 5.56 Å². The van der Waals surface area contributed by atoms with Crippen molar-refractivity contribution in [3.8, 4) is 0 Å². The molecule has 1 aliphatic rings. The van der Waals surface area contributed by atoms with E-state index < -0.39 is 5.97 Å². The Kier molecular flexibility index (Phi) is 5.30. The number of aliphatic carboxylic acids is 1. The maximum atomic E-state index is 11.0. The molecule has 122 valence electrons. The van der Waals surface area contributed by atoms with E-state index in [2.05, 4.69) is 10.3 Å². The maximum absolute atomic E-state index is 11.0. The molecule has 0 saturated carbocycles. The van der Waals surface area contributed by atoms with E-state index in [0.717, 1.165) is 54.6 Å². The van der Waals surface area contributed by atoms with Crippen LogP contribution in [0.3, 0.4) is 0 Å². The Morgan fingerprint density at radius 1 is 1.30 bits per heavy atom. The fraction of sp³-hybridized carbons (Fsp3) is 0.412. The van der Waals surface area contributed by atoms with E-state index in [0.29, 0.717) is 0 Å². The number of carbonyl (C=O) groups is 1. The van der Waals surface area contributed by atoms with E-state index in [9.17, 15) is 4.79 Å². The summed E-state index contributed by atoms with van der Waals surface area (Å²) >= 11 is 7.58. The summed E-state index contributed by atoms with van der Waals surface area (Å²) in [5.41, 5.74) is 2.28. The Morgan fingerprint density at radius 2 is 2.00 bits per heavy atom. The van der Waals surface area contributed by atoms with Crippen LogP contribution in [-0.2, 0) is 17.8 Å². The predicted octanol–water partition coefficient (Wildman–Crippen LogP) is 3.68. The van der Waals surface area contributed by atoms with Gasteiger partial charge in [-0.25, -0.2) is 4.98 Å². The molecule has 1 saturated heterocycles. The van der Waals surface area contributed by atoms with E-state index >= 15 is 0 Å². The molecule has 0 amide bonds. The number of rotatable bonds is 5. The summed E-state index contributed by atoms with van der Waals surface area (Å²) in [5.74, 6) is -0.842. The molecule has 0 unspecified atom stereocenters. The number of thiazole rings is 1. The van der Waals surface area contributed by atoms with Gasteiger partial charge in [0.05, 0.1) is 16.6 Å². The van der Waals surface area contributed by atoms with Crippen LogP contribution in [0.2, 0.25) is 5.02 Å². The second-order valence-electron chi connectivity index (χ2n) is 5.92. The molecule has 0 bridgehead atoms. The first-order valence-electron chi connectivity index (χ1n) is 7.73. The molecule has 1 N–H and O–H groups in total. The summed E-state index contributed by atoms with van der Waals surface area (Å²) in [4.78, 5) is 18.0. The van der Waals surface area contributed by atoms with Gasteiger partial charge in [0.1, 0.15) is 0 Å². The smallest absolute Gasteiger partial charge is 0.306 e. The third kappa shape index (κ3) is 4.53. The molecule has 2 aromatic rings. The molecular formula is C17H19ClN2O2S. The van der Waals surface area contributed by atoms with Crippen LogP contribution >= 0.6 is 22.9 Å². The van der Waals surface area contributed by atoms with Crippen molar-refractivity contribution in [2.45, 2.75) is 25.8 Å². The molecule has 1 fully saturated rings. The Morgan fingerprint density at radius 3 is 2.65 bits per heavy atom. The number of hydrogen-bond donors (Lipinski definition) is 1. The van der Waals surface area contributed by atoms with E-state index in [-0.39, 0.29) is 5.92 Å². The average Bonchev–Trinajstić information content (AvgIpc) is 2.97. The standard InChI is InChI=1S/C17H19ClN2O2S/c18-14-3-1-12(2-4-14)9-16-19-15(11-23-16)10-20-7-5-13(6-8-20)17(21)22/h1-4,11,13H,5-10H2,(H,21,22). The van der Waals surface area contributed by atoms with Gasteiger partial charge in [-0.2, -0.15) is 0 Å². The number of aromatic nitrogens is 1. The van der Waals surface area contributed by atoms with Crippen molar-refractivity contribution in [3.63, 3.8) is 0 Å². The van der Waals surface area contributed by atoms with Crippen LogP contribution in [0.4, 0.5) is 0 Å². The van der Waals surface area contributed by atoms with Crippen LogP contribution in [0.15, 0.2) is 29.6 Å². The van der Waals surface area contributed by atoms with Crippen molar-refractivity contribution in [2.24, 2.45) is 5.92 Å². The number of carboxylic acid groups (broad SMARTS) is 1. The van der Waals surface area contributed by atoms with Crippen LogP contribution < -0.4 is 0 Å². The molecule has 0 radical (unpaired) electrons. The van der Waals surface area contributed by atoms with Gasteiger partial charge in [-0.1, -0.05) is 23.7 Å². The van der Waals surface area contributed by atoms with Gasteiger partial charge in [0.15, 0.2) is 0 Å². The Labute approximate surface area is 144 Å². The molecule has 0 atom stereocenters. The lowest BCUT2D eigenvalue weighted by Crippen LogP contribution is -2.35. The minimum absolute atomic E-state index is 0.179. The number of nitrogens with zero attached hydrogens (tertiary/aromatic N) is 2. The van der Waals surface area contributed by atoms with Crippen LogP contribution in [0, 0.1) is 5.92 Å². The van der Waals surface area contributed by atoms with E-state index in [4.69, 9.17) is 21.7 Å². The zero-order chi connectivity index (χ0) is 16.2. The lowest BCUT2D eigenvalue weighted by atomic mass is 9.97. The van der Waals surface area contributed by atoms with Gasteiger partial charge in [-0.3, -0.25) is 9.69 Å². The van der Waals surface area contributed by atoms with Gasteiger partial charge < -0.3 is 5.11 Å². The minimum Gasteiger partial charge on any atom is -0.481 e. The molecule has 1 aromatic heterocycles. The van der Waals surface area contributed by atoms with E-state index in [1.54, 1.807) is 11.3 Å². The zero-order valence-electron chi connectivity index (χ0n) is 12.7. The highest BCUT2D eigenvalue weighted by atomic mass is 35.5. The van der Waals surface area contributed by atoms with Crippen molar-refractivity contribution >= 4 is 28.9 Å². The lowest BCUT2D eigenvalue weighted by molar-refractivity contribution is -0.143. The first kappa shape index (κ1) is 16.4. The molecular weight excluding hydrogens is 332 g/mol. The largest absolute Gasteiger partial charge is 0.481 e. The van der Waals surface area contributed by atoms with E-state index in [1.807, 2.05) is 24.3 Å². The van der Waals surface area contributed by atoms with Crippen LogP contribution in [0.1, 0.15) is 29.1 Å². The van der Waals surface area contributed by atoms with Crippen LogP contribution in [-0.4, -0.2) is 34.0 Å². The molecule has 1 aromatic carbocycles. The summed E-state index contributed by atoms with van der Waals surface area (Å²) in [6.45, 7) is 2.48. The molecule has 1 aliphatic heterocycles. The highest BCUT2D eigenvalue weighted by Crippen LogP contribution is 2.21. The number of hydrogen-bond acceptors (Lipinski definition) is 4. The average molecular weight is 351 g/mol.